The summed E-state index contributed by atoms with van der Waals surface area (Å²) in [7, 11) is 1.54. The van der Waals surface area contributed by atoms with Crippen LogP contribution in [0.25, 0.3) is 0 Å². The second-order valence-electron chi connectivity index (χ2n) is 4.52. The maximum atomic E-state index is 12.1. The van der Waals surface area contributed by atoms with Crippen molar-refractivity contribution in [3.63, 3.8) is 0 Å². The number of hydrogen-bond donors (Lipinski definition) is 1. The van der Waals surface area contributed by atoms with Gasteiger partial charge in [0.15, 0.2) is 0 Å². The Morgan fingerprint density at radius 2 is 2.13 bits per heavy atom. The second kappa shape index (κ2) is 4.94. The summed E-state index contributed by atoms with van der Waals surface area (Å²) < 4.78 is 5.17. The fourth-order valence-electron chi connectivity index (χ4n) is 1.69. The molecule has 0 atom stereocenters. The molecule has 0 aromatic rings. The molecule has 4 nitrogen and oxygen atoms in total. The zero-order chi connectivity index (χ0) is 11.5. The first kappa shape index (κ1) is 12.5. The highest BCUT2D eigenvalue weighted by Crippen LogP contribution is 2.27. The fraction of sp³-hybridized carbons (Fsp3) is 0.909. The first-order valence-electron chi connectivity index (χ1n) is 5.50. The van der Waals surface area contributed by atoms with Crippen LogP contribution in [0.2, 0.25) is 0 Å². The molecule has 4 heteroatoms. The average molecular weight is 215 g/mol. The quantitative estimate of drug-likeness (QED) is 0.737. The van der Waals surface area contributed by atoms with Gasteiger partial charge in [-0.3, -0.25) is 4.79 Å². The minimum atomic E-state index is -0.787. The molecule has 0 unspecified atom stereocenters. The summed E-state index contributed by atoms with van der Waals surface area (Å²) in [5.74, 6) is -0.0243. The second-order valence-corrected chi connectivity index (χ2v) is 4.52. The number of methoxy groups -OCH3 is 1. The van der Waals surface area contributed by atoms with E-state index in [0.717, 1.165) is 12.8 Å². The van der Waals surface area contributed by atoms with Gasteiger partial charge < -0.3 is 14.7 Å². The van der Waals surface area contributed by atoms with Gasteiger partial charge in [0.25, 0.3) is 5.91 Å². The Hall–Kier alpha value is -0.610. The van der Waals surface area contributed by atoms with Gasteiger partial charge in [0.05, 0.1) is 6.61 Å². The van der Waals surface area contributed by atoms with E-state index in [4.69, 9.17) is 9.84 Å². The van der Waals surface area contributed by atoms with Crippen LogP contribution in [0.1, 0.15) is 33.1 Å². The maximum absolute atomic E-state index is 12.1. The van der Waals surface area contributed by atoms with Crippen LogP contribution in [0, 0.1) is 0 Å². The van der Waals surface area contributed by atoms with Gasteiger partial charge in [-0.2, -0.15) is 0 Å². The predicted octanol–water partition coefficient (Wildman–Crippen LogP) is 0.785. The van der Waals surface area contributed by atoms with Crippen LogP contribution in [-0.2, 0) is 9.53 Å². The highest BCUT2D eigenvalue weighted by Gasteiger charge is 2.37. The molecular formula is C11H21NO3. The SMILES string of the molecule is COC(C)(C)C(=O)N(CCO)C1CCC1. The number of rotatable bonds is 5. The van der Waals surface area contributed by atoms with E-state index in [1.165, 1.54) is 13.5 Å². The van der Waals surface area contributed by atoms with Crippen molar-refractivity contribution in [1.82, 2.24) is 4.90 Å². The van der Waals surface area contributed by atoms with Crippen molar-refractivity contribution < 1.29 is 14.6 Å². The molecular weight excluding hydrogens is 194 g/mol. The van der Waals surface area contributed by atoms with Crippen LogP contribution in [0.3, 0.4) is 0 Å². The molecule has 0 bridgehead atoms. The number of ether oxygens (including phenoxy) is 1. The first-order valence-corrected chi connectivity index (χ1v) is 5.50. The smallest absolute Gasteiger partial charge is 0.254 e. The van der Waals surface area contributed by atoms with Crippen LogP contribution < -0.4 is 0 Å². The summed E-state index contributed by atoms with van der Waals surface area (Å²) in [6.07, 6.45) is 3.27. The third-order valence-electron chi connectivity index (χ3n) is 3.14. The predicted molar refractivity (Wildman–Crippen MR) is 57.5 cm³/mol. The number of aliphatic hydroxyl groups is 1. The summed E-state index contributed by atoms with van der Waals surface area (Å²) in [6, 6.07) is 0.305. The van der Waals surface area contributed by atoms with E-state index in [-0.39, 0.29) is 12.5 Å². The molecule has 0 spiro atoms. The Balaban J connectivity index is 2.66. The van der Waals surface area contributed by atoms with Gasteiger partial charge in [-0.25, -0.2) is 0 Å². The van der Waals surface area contributed by atoms with Gasteiger partial charge in [0, 0.05) is 19.7 Å². The molecule has 1 rings (SSSR count). The van der Waals surface area contributed by atoms with Crippen molar-refractivity contribution in [2.24, 2.45) is 0 Å². The molecule has 88 valence electrons. The van der Waals surface area contributed by atoms with E-state index in [1.54, 1.807) is 18.7 Å². The molecule has 1 aliphatic rings. The van der Waals surface area contributed by atoms with Crippen molar-refractivity contribution >= 4 is 5.91 Å². The standard InChI is InChI=1S/C11H21NO3/c1-11(2,15-3)10(14)12(7-8-13)9-5-4-6-9/h9,13H,4-8H2,1-3H3. The molecule has 1 N–H and O–H groups in total. The minimum Gasteiger partial charge on any atom is -0.395 e. The Bertz CT molecular complexity index is 224. The van der Waals surface area contributed by atoms with Crippen LogP contribution in [0.4, 0.5) is 0 Å². The Morgan fingerprint density at radius 1 is 1.53 bits per heavy atom. The zero-order valence-electron chi connectivity index (χ0n) is 9.82. The van der Waals surface area contributed by atoms with E-state index < -0.39 is 5.60 Å². The number of aliphatic hydroxyl groups excluding tert-OH is 1. The Kier molecular flexibility index (Phi) is 4.11. The third-order valence-corrected chi connectivity index (χ3v) is 3.14. The zero-order valence-corrected chi connectivity index (χ0v) is 9.82. The number of carbonyl (C=O) groups excluding carboxylic acids is 1. The van der Waals surface area contributed by atoms with Crippen molar-refractivity contribution in [3.05, 3.63) is 0 Å². The topological polar surface area (TPSA) is 49.8 Å². The van der Waals surface area contributed by atoms with E-state index in [2.05, 4.69) is 0 Å². The van der Waals surface area contributed by atoms with E-state index in [9.17, 15) is 4.79 Å². The van der Waals surface area contributed by atoms with Crippen LogP contribution in [0.15, 0.2) is 0 Å². The van der Waals surface area contributed by atoms with Gasteiger partial charge in [-0.15, -0.1) is 0 Å². The van der Waals surface area contributed by atoms with Crippen molar-refractivity contribution in [1.29, 1.82) is 0 Å². The average Bonchev–Trinajstić information content (AvgIpc) is 2.13. The summed E-state index contributed by atoms with van der Waals surface area (Å²) in [5, 5.41) is 8.96. The fourth-order valence-corrected chi connectivity index (χ4v) is 1.69. The lowest BCUT2D eigenvalue weighted by atomic mass is 9.90. The van der Waals surface area contributed by atoms with Crippen LogP contribution in [0.5, 0.6) is 0 Å². The number of nitrogens with zero attached hydrogens (tertiary/aromatic N) is 1. The van der Waals surface area contributed by atoms with Crippen molar-refractivity contribution in [2.45, 2.75) is 44.8 Å². The highest BCUT2D eigenvalue weighted by molar-refractivity contribution is 5.84. The minimum absolute atomic E-state index is 0.0159. The van der Waals surface area contributed by atoms with E-state index in [0.29, 0.717) is 12.6 Å². The summed E-state index contributed by atoms with van der Waals surface area (Å²) in [5.41, 5.74) is -0.787. The van der Waals surface area contributed by atoms with Gasteiger partial charge in [0.2, 0.25) is 0 Å². The normalized spacial score (nSPS) is 17.3. The summed E-state index contributed by atoms with van der Waals surface area (Å²) >= 11 is 0. The molecule has 0 aliphatic heterocycles. The van der Waals surface area contributed by atoms with Gasteiger partial charge >= 0.3 is 0 Å². The first-order chi connectivity index (χ1) is 7.03. The van der Waals surface area contributed by atoms with Gasteiger partial charge in [-0.05, 0) is 33.1 Å². The lowest BCUT2D eigenvalue weighted by Crippen LogP contribution is -2.53. The van der Waals surface area contributed by atoms with E-state index in [1.807, 2.05) is 0 Å². The molecule has 0 saturated heterocycles. The van der Waals surface area contributed by atoms with Gasteiger partial charge in [-0.1, -0.05) is 0 Å². The van der Waals surface area contributed by atoms with Crippen LogP contribution >= 0.6 is 0 Å². The van der Waals surface area contributed by atoms with Crippen LogP contribution in [-0.4, -0.2) is 47.8 Å². The summed E-state index contributed by atoms with van der Waals surface area (Å²) in [4.78, 5) is 13.9. The molecule has 1 fully saturated rings. The largest absolute Gasteiger partial charge is 0.395 e. The lowest BCUT2D eigenvalue weighted by molar-refractivity contribution is -0.155. The molecule has 0 heterocycles. The molecule has 0 aromatic heterocycles. The van der Waals surface area contributed by atoms with Crippen molar-refractivity contribution in [2.75, 3.05) is 20.3 Å². The third kappa shape index (κ3) is 2.69. The Labute approximate surface area is 91.2 Å². The highest BCUT2D eigenvalue weighted by atomic mass is 16.5. The maximum Gasteiger partial charge on any atom is 0.254 e. The molecule has 0 radical (unpaired) electrons. The number of amides is 1. The molecule has 1 amide bonds. The van der Waals surface area contributed by atoms with Gasteiger partial charge in [0.1, 0.15) is 5.60 Å². The lowest BCUT2D eigenvalue weighted by Gasteiger charge is -2.40. The summed E-state index contributed by atoms with van der Waals surface area (Å²) in [6.45, 7) is 3.95. The van der Waals surface area contributed by atoms with Crippen molar-refractivity contribution in [3.8, 4) is 0 Å². The molecule has 1 saturated carbocycles. The van der Waals surface area contributed by atoms with E-state index >= 15 is 0 Å². The Morgan fingerprint density at radius 3 is 2.47 bits per heavy atom. The number of hydrogen-bond acceptors (Lipinski definition) is 3. The molecule has 0 aromatic carbocycles. The molecule has 15 heavy (non-hydrogen) atoms. The number of carbonyl (C=O) groups is 1. The monoisotopic (exact) mass is 215 g/mol. The molecule has 1 aliphatic carbocycles.